The van der Waals surface area contributed by atoms with E-state index in [9.17, 15) is 19.1 Å². The number of aryl methyl sites for hydroxylation is 1. The number of pyridine rings is 2. The van der Waals surface area contributed by atoms with Crippen LogP contribution in [0.4, 0.5) is 14.9 Å². The second-order valence-electron chi connectivity index (χ2n) is 9.31. The summed E-state index contributed by atoms with van der Waals surface area (Å²) in [7, 11) is 1.52. The van der Waals surface area contributed by atoms with Crippen molar-refractivity contribution in [1.82, 2.24) is 30.2 Å². The maximum Gasteiger partial charge on any atom is 0.411 e. The van der Waals surface area contributed by atoms with Gasteiger partial charge in [-0.1, -0.05) is 11.3 Å². The molecule has 5 aromatic rings. The monoisotopic (exact) mass is 607 g/mol. The molecule has 0 saturated heterocycles. The molecule has 0 aliphatic heterocycles. The van der Waals surface area contributed by atoms with Gasteiger partial charge in [-0.05, 0) is 43.7 Å². The van der Waals surface area contributed by atoms with Gasteiger partial charge in [0.05, 0.1) is 42.3 Å². The summed E-state index contributed by atoms with van der Waals surface area (Å²) >= 11 is 1.25. The van der Waals surface area contributed by atoms with Crippen LogP contribution < -0.4 is 20.1 Å². The van der Waals surface area contributed by atoms with Crippen LogP contribution >= 0.6 is 11.3 Å². The molecule has 0 saturated carbocycles. The molecule has 43 heavy (non-hydrogen) atoms. The quantitative estimate of drug-likeness (QED) is 0.197. The minimum Gasteiger partial charge on any atom is -0.480 e. The van der Waals surface area contributed by atoms with Crippen LogP contribution in [-0.4, -0.2) is 75.0 Å². The number of ether oxygens (including phenoxy) is 3. The number of aliphatic hydroxyl groups excluding tert-OH is 1. The lowest BCUT2D eigenvalue weighted by atomic mass is 10.1. The number of nitrogens with one attached hydrogen (secondary N) is 2. The Morgan fingerprint density at radius 1 is 1.07 bits per heavy atom. The number of rotatable bonds is 10. The van der Waals surface area contributed by atoms with E-state index >= 15 is 0 Å². The Kier molecular flexibility index (Phi) is 8.82. The normalized spacial score (nSPS) is 11.7. The summed E-state index contributed by atoms with van der Waals surface area (Å²) in [5.74, 6) is -1.03. The molecule has 5 rings (SSSR count). The van der Waals surface area contributed by atoms with Gasteiger partial charge in [0, 0.05) is 18.2 Å². The minimum absolute atomic E-state index is 0.0875. The Morgan fingerprint density at radius 2 is 1.91 bits per heavy atom. The van der Waals surface area contributed by atoms with Gasteiger partial charge in [0.25, 0.3) is 11.8 Å². The molecule has 0 aliphatic rings. The fourth-order valence-electron chi connectivity index (χ4n) is 3.91. The number of methoxy groups -OCH3 is 1. The van der Waals surface area contributed by atoms with E-state index in [-0.39, 0.29) is 31.3 Å². The Hall–Kier alpha value is -5.02. The third-order valence-corrected chi connectivity index (χ3v) is 6.87. The maximum atomic E-state index is 14.8. The van der Waals surface area contributed by atoms with E-state index in [0.29, 0.717) is 38.0 Å². The van der Waals surface area contributed by atoms with Crippen LogP contribution in [0.25, 0.3) is 32.0 Å². The molecule has 4 heterocycles. The highest BCUT2D eigenvalue weighted by atomic mass is 32.1. The van der Waals surface area contributed by atoms with Gasteiger partial charge in [-0.25, -0.2) is 29.1 Å². The van der Waals surface area contributed by atoms with Crippen molar-refractivity contribution in [2.75, 3.05) is 32.2 Å². The molecule has 4 aromatic heterocycles. The van der Waals surface area contributed by atoms with Crippen molar-refractivity contribution in [2.45, 2.75) is 20.0 Å². The van der Waals surface area contributed by atoms with Crippen LogP contribution in [0, 0.1) is 12.7 Å². The second kappa shape index (κ2) is 12.9. The van der Waals surface area contributed by atoms with Gasteiger partial charge >= 0.3 is 6.09 Å². The predicted molar refractivity (Wildman–Crippen MR) is 156 cm³/mol. The number of hydrogen-bond acceptors (Lipinski definition) is 12. The van der Waals surface area contributed by atoms with Crippen LogP contribution in [0.2, 0.25) is 0 Å². The van der Waals surface area contributed by atoms with E-state index in [4.69, 9.17) is 14.2 Å². The lowest BCUT2D eigenvalue weighted by Crippen LogP contribution is -2.31. The van der Waals surface area contributed by atoms with Crippen molar-refractivity contribution in [3.8, 4) is 22.3 Å². The Bertz CT molecular complexity index is 1800. The summed E-state index contributed by atoms with van der Waals surface area (Å²) in [6.07, 6.45) is 1.33. The lowest BCUT2D eigenvalue weighted by Gasteiger charge is -2.09. The summed E-state index contributed by atoms with van der Waals surface area (Å²) in [6, 6.07) is 7.95. The molecule has 1 aromatic carbocycles. The number of aromatic nitrogens is 5. The van der Waals surface area contributed by atoms with Crippen molar-refractivity contribution in [2.24, 2.45) is 0 Å². The number of halogens is 1. The SMILES string of the molecule is COc1cnc2c(-c3nc4cc(F)c(OCCOC(=O)Nc5ccc(C(=O)NCC(C)O)nc5)nc4s3)cc(C)cc2n1. The number of aliphatic hydroxyl groups is 1. The summed E-state index contributed by atoms with van der Waals surface area (Å²) in [5.41, 5.74) is 3.73. The number of nitrogens with zero attached hydrogens (tertiary/aromatic N) is 5. The summed E-state index contributed by atoms with van der Waals surface area (Å²) in [4.78, 5) is 46.3. The van der Waals surface area contributed by atoms with E-state index in [0.717, 1.165) is 11.1 Å². The highest BCUT2D eigenvalue weighted by Gasteiger charge is 2.17. The first-order valence-corrected chi connectivity index (χ1v) is 13.8. The van der Waals surface area contributed by atoms with Gasteiger partial charge in [0.15, 0.2) is 5.82 Å². The molecular weight excluding hydrogens is 581 g/mol. The van der Waals surface area contributed by atoms with E-state index < -0.39 is 23.9 Å². The van der Waals surface area contributed by atoms with E-state index in [1.54, 1.807) is 6.92 Å². The van der Waals surface area contributed by atoms with Gasteiger partial charge in [-0.2, -0.15) is 4.98 Å². The number of carbonyl (C=O) groups excluding carboxylic acids is 2. The van der Waals surface area contributed by atoms with Gasteiger partial charge in [-0.3, -0.25) is 10.1 Å². The van der Waals surface area contributed by atoms with Crippen molar-refractivity contribution in [1.29, 1.82) is 0 Å². The van der Waals surface area contributed by atoms with E-state index in [2.05, 4.69) is 35.6 Å². The Labute approximate surface area is 248 Å². The molecule has 3 N–H and O–H groups in total. The number of anilines is 1. The molecular formula is C28H26FN7O6S. The topological polar surface area (TPSA) is 171 Å². The Balaban J connectivity index is 1.18. The average molecular weight is 608 g/mol. The molecule has 0 radical (unpaired) electrons. The first-order chi connectivity index (χ1) is 20.7. The molecule has 13 nitrogen and oxygen atoms in total. The molecule has 222 valence electrons. The third kappa shape index (κ3) is 7.07. The molecule has 15 heteroatoms. The van der Waals surface area contributed by atoms with Gasteiger partial charge in [-0.15, -0.1) is 0 Å². The number of fused-ring (bicyclic) bond motifs is 2. The Morgan fingerprint density at radius 3 is 2.65 bits per heavy atom. The van der Waals surface area contributed by atoms with E-state index in [1.165, 1.54) is 49.0 Å². The molecule has 0 bridgehead atoms. The van der Waals surface area contributed by atoms with Crippen molar-refractivity contribution in [3.63, 3.8) is 0 Å². The lowest BCUT2D eigenvalue weighted by molar-refractivity contribution is 0.0919. The molecule has 2 amide bonds. The smallest absolute Gasteiger partial charge is 0.411 e. The largest absolute Gasteiger partial charge is 0.480 e. The first kappa shape index (κ1) is 29.5. The highest BCUT2D eigenvalue weighted by molar-refractivity contribution is 7.21. The van der Waals surface area contributed by atoms with Gasteiger partial charge < -0.3 is 24.6 Å². The van der Waals surface area contributed by atoms with Gasteiger partial charge in [0.1, 0.15) is 34.3 Å². The van der Waals surface area contributed by atoms with Crippen molar-refractivity contribution in [3.05, 3.63) is 59.8 Å². The van der Waals surface area contributed by atoms with E-state index in [1.807, 2.05) is 19.1 Å². The van der Waals surface area contributed by atoms with Crippen LogP contribution in [0.15, 0.2) is 42.7 Å². The zero-order chi connectivity index (χ0) is 30.5. The first-order valence-electron chi connectivity index (χ1n) is 13.0. The molecule has 0 fully saturated rings. The second-order valence-corrected chi connectivity index (χ2v) is 10.3. The van der Waals surface area contributed by atoms with Crippen LogP contribution in [0.5, 0.6) is 11.8 Å². The third-order valence-electron chi connectivity index (χ3n) is 5.87. The van der Waals surface area contributed by atoms with Crippen LogP contribution in [0.3, 0.4) is 0 Å². The summed E-state index contributed by atoms with van der Waals surface area (Å²) < 4.78 is 30.4. The van der Waals surface area contributed by atoms with Crippen molar-refractivity contribution < 1.29 is 33.3 Å². The van der Waals surface area contributed by atoms with Crippen LogP contribution in [-0.2, 0) is 4.74 Å². The molecule has 1 unspecified atom stereocenters. The fraction of sp³-hybridized carbons (Fsp3) is 0.250. The summed E-state index contributed by atoms with van der Waals surface area (Å²) in [6.45, 7) is 3.21. The van der Waals surface area contributed by atoms with Gasteiger partial charge in [0.2, 0.25) is 5.88 Å². The van der Waals surface area contributed by atoms with Crippen LogP contribution in [0.1, 0.15) is 23.0 Å². The zero-order valence-electron chi connectivity index (χ0n) is 23.3. The molecule has 1 atom stereocenters. The standard InChI is InChI=1S/C28H26FN7O6S/c1-14-8-17(23-20(9-14)34-22(40-3)13-31-23)26-35-21-10-18(29)25(36-27(21)43-26)41-6-7-42-28(39)33-16-4-5-19(30-12-16)24(38)32-11-15(2)37/h4-5,8-10,12-13,15,37H,6-7,11H2,1-3H3,(H,32,38)(H,33,39). The minimum atomic E-state index is -0.793. The number of benzene rings is 1. The average Bonchev–Trinajstić information content (AvgIpc) is 3.40. The van der Waals surface area contributed by atoms with Crippen molar-refractivity contribution >= 4 is 50.4 Å². The number of hydrogen-bond donors (Lipinski definition) is 3. The number of carbonyl (C=O) groups is 2. The molecule has 0 aliphatic carbocycles. The maximum absolute atomic E-state index is 14.8. The highest BCUT2D eigenvalue weighted by Crippen LogP contribution is 2.35. The summed E-state index contributed by atoms with van der Waals surface area (Å²) in [5, 5.41) is 14.8. The number of amides is 2. The zero-order valence-corrected chi connectivity index (χ0v) is 24.1. The fourth-order valence-corrected chi connectivity index (χ4v) is 4.84. The number of thiazole rings is 1. The molecule has 0 spiro atoms. The predicted octanol–water partition coefficient (Wildman–Crippen LogP) is 3.89.